The molecule has 0 saturated heterocycles. The van der Waals surface area contributed by atoms with E-state index in [1.807, 2.05) is 0 Å². The minimum absolute atomic E-state index is 0.532. The number of nitrogens with two attached hydrogens (primary N) is 1. The Kier molecular flexibility index (Phi) is 3.63. The Labute approximate surface area is 58.6 Å². The molecule has 0 heterocycles. The van der Waals surface area contributed by atoms with Gasteiger partial charge in [-0.3, -0.25) is 0 Å². The van der Waals surface area contributed by atoms with Crippen molar-refractivity contribution in [3.63, 3.8) is 0 Å². The Bertz CT molecular complexity index is 135. The summed E-state index contributed by atoms with van der Waals surface area (Å²) in [5.41, 5.74) is 0. The lowest BCUT2D eigenvalue weighted by molar-refractivity contribution is -0.226. The molecule has 1 unspecified atom stereocenters. The first kappa shape index (κ1) is 9.09. The van der Waals surface area contributed by atoms with Crippen LogP contribution >= 0.6 is 0 Å². The smallest absolute Gasteiger partial charge is 0.350 e. The topological polar surface area (TPSA) is 75.8 Å². The number of aliphatic hydroxyl groups is 1. The molecular weight excluding hydrogens is 136 g/mol. The minimum Gasteiger partial charge on any atom is -0.374 e. The normalized spacial score (nSPS) is 12.8. The number of hydrazine groups is 1. The molecule has 0 fully saturated rings. The third-order valence-electron chi connectivity index (χ3n) is 0.730. The van der Waals surface area contributed by atoms with Gasteiger partial charge in [0.15, 0.2) is 6.23 Å². The number of hydrogen-bond acceptors (Lipinski definition) is 5. The van der Waals surface area contributed by atoms with Crippen molar-refractivity contribution in [2.45, 2.75) is 13.2 Å². The molecule has 0 aromatic rings. The highest BCUT2D eigenvalue weighted by Crippen LogP contribution is 1.88. The molecule has 0 aromatic carbocycles. The second-order valence-electron chi connectivity index (χ2n) is 1.61. The molecule has 0 aliphatic heterocycles. The van der Waals surface area contributed by atoms with Crippen LogP contribution in [0.25, 0.3) is 0 Å². The molecule has 10 heavy (non-hydrogen) atoms. The van der Waals surface area contributed by atoms with Crippen LogP contribution in [0, 0.1) is 0 Å². The Morgan fingerprint density at radius 2 is 2.50 bits per heavy atom. The summed E-state index contributed by atoms with van der Waals surface area (Å²) in [5, 5.41) is 9.19. The summed E-state index contributed by atoms with van der Waals surface area (Å²) < 4.78 is 0. The number of nitrogens with zero attached hydrogens (tertiary/aromatic N) is 1. The van der Waals surface area contributed by atoms with Gasteiger partial charge < -0.3 is 9.94 Å². The lowest BCUT2D eigenvalue weighted by atomic mass is 10.7. The number of rotatable bonds is 3. The average molecular weight is 146 g/mol. The maximum atomic E-state index is 10.4. The molecule has 0 spiro atoms. The van der Waals surface area contributed by atoms with Gasteiger partial charge in [-0.15, -0.1) is 0 Å². The highest BCUT2D eigenvalue weighted by molar-refractivity contribution is 5.80. The zero-order valence-electron chi connectivity index (χ0n) is 5.65. The second-order valence-corrected chi connectivity index (χ2v) is 1.61. The van der Waals surface area contributed by atoms with Crippen LogP contribution in [0.3, 0.4) is 0 Å². The maximum absolute atomic E-state index is 10.4. The highest BCUT2D eigenvalue weighted by Gasteiger charge is 2.08. The zero-order valence-corrected chi connectivity index (χ0v) is 5.65. The van der Waals surface area contributed by atoms with Crippen LogP contribution in [-0.4, -0.2) is 22.5 Å². The molecule has 0 saturated carbocycles. The van der Waals surface area contributed by atoms with Gasteiger partial charge in [0.1, 0.15) is 0 Å². The van der Waals surface area contributed by atoms with Crippen molar-refractivity contribution >= 4 is 5.97 Å². The lowest BCUT2D eigenvalue weighted by Gasteiger charge is -2.16. The summed E-state index contributed by atoms with van der Waals surface area (Å²) in [4.78, 5) is 14.6. The molecule has 0 radical (unpaired) electrons. The van der Waals surface area contributed by atoms with Crippen molar-refractivity contribution in [3.05, 3.63) is 12.7 Å². The van der Waals surface area contributed by atoms with Gasteiger partial charge in [0.2, 0.25) is 0 Å². The van der Waals surface area contributed by atoms with Crippen LogP contribution in [0.4, 0.5) is 0 Å². The fourth-order valence-corrected chi connectivity index (χ4v) is 0.217. The fourth-order valence-electron chi connectivity index (χ4n) is 0.217. The van der Waals surface area contributed by atoms with E-state index in [1.54, 1.807) is 0 Å². The Hall–Kier alpha value is -0.910. The molecule has 5 heteroatoms. The van der Waals surface area contributed by atoms with Crippen LogP contribution in [0.5, 0.6) is 0 Å². The summed E-state index contributed by atoms with van der Waals surface area (Å²) >= 11 is 0. The summed E-state index contributed by atoms with van der Waals surface area (Å²) in [6.45, 7) is 4.49. The van der Waals surface area contributed by atoms with E-state index in [0.717, 1.165) is 6.08 Å². The quantitative estimate of drug-likeness (QED) is 0.234. The van der Waals surface area contributed by atoms with Gasteiger partial charge in [0.25, 0.3) is 0 Å². The van der Waals surface area contributed by atoms with E-state index in [9.17, 15) is 4.79 Å². The van der Waals surface area contributed by atoms with Gasteiger partial charge in [0.05, 0.1) is 0 Å². The summed E-state index contributed by atoms with van der Waals surface area (Å²) in [7, 11) is 0. The molecule has 0 aliphatic carbocycles. The molecule has 0 bridgehead atoms. The SMILES string of the molecule is C=CC(=O)ON(N)C(C)O. The second kappa shape index (κ2) is 3.99. The van der Waals surface area contributed by atoms with E-state index >= 15 is 0 Å². The summed E-state index contributed by atoms with van der Waals surface area (Å²) in [6, 6.07) is 0. The van der Waals surface area contributed by atoms with Crippen molar-refractivity contribution in [2.24, 2.45) is 5.84 Å². The molecule has 0 aliphatic rings. The molecule has 0 rings (SSSR count). The van der Waals surface area contributed by atoms with Gasteiger partial charge in [-0.1, -0.05) is 6.58 Å². The zero-order chi connectivity index (χ0) is 8.15. The van der Waals surface area contributed by atoms with Crippen molar-refractivity contribution in [1.82, 2.24) is 5.17 Å². The first-order valence-corrected chi connectivity index (χ1v) is 2.64. The van der Waals surface area contributed by atoms with Crippen LogP contribution < -0.4 is 5.84 Å². The largest absolute Gasteiger partial charge is 0.374 e. The summed E-state index contributed by atoms with van der Waals surface area (Å²) in [6.07, 6.45) is -0.0775. The highest BCUT2D eigenvalue weighted by atomic mass is 16.7. The maximum Gasteiger partial charge on any atom is 0.350 e. The van der Waals surface area contributed by atoms with E-state index < -0.39 is 12.2 Å². The first-order chi connectivity index (χ1) is 4.57. The Balaban J connectivity index is 3.67. The predicted octanol–water partition coefficient (Wildman–Crippen LogP) is -0.855. The van der Waals surface area contributed by atoms with Crippen molar-refractivity contribution < 1.29 is 14.7 Å². The van der Waals surface area contributed by atoms with E-state index in [1.165, 1.54) is 6.92 Å². The Morgan fingerprint density at radius 1 is 2.00 bits per heavy atom. The van der Waals surface area contributed by atoms with E-state index in [0.29, 0.717) is 5.17 Å². The van der Waals surface area contributed by atoms with Crippen LogP contribution in [0.15, 0.2) is 12.7 Å². The Morgan fingerprint density at radius 3 is 2.80 bits per heavy atom. The van der Waals surface area contributed by atoms with Crippen molar-refractivity contribution in [1.29, 1.82) is 0 Å². The average Bonchev–Trinajstić information content (AvgIpc) is 1.87. The van der Waals surface area contributed by atoms with Gasteiger partial charge in [-0.25, -0.2) is 10.6 Å². The van der Waals surface area contributed by atoms with Gasteiger partial charge in [-0.05, 0) is 12.1 Å². The molecule has 3 N–H and O–H groups in total. The number of hydrogen-bond donors (Lipinski definition) is 2. The lowest BCUT2D eigenvalue weighted by Crippen LogP contribution is -2.40. The molecule has 58 valence electrons. The van der Waals surface area contributed by atoms with Gasteiger partial charge >= 0.3 is 5.97 Å². The minimum atomic E-state index is -1.02. The molecule has 0 amide bonds. The third-order valence-corrected chi connectivity index (χ3v) is 0.730. The fraction of sp³-hybridized carbons (Fsp3) is 0.400. The first-order valence-electron chi connectivity index (χ1n) is 2.64. The standard InChI is InChI=1S/C5H10N2O3/c1-3-5(9)10-7(6)4(2)8/h3-4,8H,1,6H2,2H3. The van der Waals surface area contributed by atoms with Gasteiger partial charge in [-0.2, -0.15) is 0 Å². The molecule has 1 atom stereocenters. The van der Waals surface area contributed by atoms with Crippen molar-refractivity contribution in [3.8, 4) is 0 Å². The molecule has 5 nitrogen and oxygen atoms in total. The van der Waals surface area contributed by atoms with E-state index in [4.69, 9.17) is 10.9 Å². The number of carbonyl (C=O) groups excluding carboxylic acids is 1. The van der Waals surface area contributed by atoms with Gasteiger partial charge in [0, 0.05) is 6.08 Å². The van der Waals surface area contributed by atoms with Crippen LogP contribution in [0.2, 0.25) is 0 Å². The van der Waals surface area contributed by atoms with Crippen LogP contribution in [-0.2, 0) is 9.63 Å². The number of hydroxylamine groups is 1. The van der Waals surface area contributed by atoms with Crippen molar-refractivity contribution in [2.75, 3.05) is 0 Å². The third kappa shape index (κ3) is 3.18. The van der Waals surface area contributed by atoms with E-state index in [-0.39, 0.29) is 0 Å². The van der Waals surface area contributed by atoms with Crippen LogP contribution in [0.1, 0.15) is 6.92 Å². The number of carbonyl (C=O) groups is 1. The molecular formula is C5H10N2O3. The molecule has 0 aromatic heterocycles. The predicted molar refractivity (Wildman–Crippen MR) is 34.0 cm³/mol. The van der Waals surface area contributed by atoms with E-state index in [2.05, 4.69) is 11.4 Å². The monoisotopic (exact) mass is 146 g/mol. The summed E-state index contributed by atoms with van der Waals surface area (Å²) in [5.74, 6) is 4.28. The number of aliphatic hydroxyl groups excluding tert-OH is 1.